The van der Waals surface area contributed by atoms with Gasteiger partial charge in [-0.2, -0.15) is 0 Å². The number of halogens is 1. The second-order valence-corrected chi connectivity index (χ2v) is 6.40. The van der Waals surface area contributed by atoms with Crippen LogP contribution in [0.1, 0.15) is 5.56 Å². The molecule has 0 radical (unpaired) electrons. The molecule has 0 unspecified atom stereocenters. The largest absolute Gasteiger partial charge is 0.378 e. The zero-order valence-corrected chi connectivity index (χ0v) is 13.4. The number of pyridine rings is 1. The fraction of sp³-hybridized carbons (Fsp3) is 0.353. The van der Waals surface area contributed by atoms with Gasteiger partial charge < -0.3 is 15.1 Å². The zero-order valence-electron chi connectivity index (χ0n) is 12.6. The third-order valence-electron chi connectivity index (χ3n) is 4.45. The quantitative estimate of drug-likeness (QED) is 0.876. The molecule has 1 fully saturated rings. The molecule has 22 heavy (non-hydrogen) atoms. The Balaban J connectivity index is 1.88. The van der Waals surface area contributed by atoms with Crippen LogP contribution in [0.25, 0.3) is 17.0 Å². The van der Waals surface area contributed by atoms with E-state index in [1.807, 2.05) is 18.2 Å². The number of nitrogens with one attached hydrogen (secondary N) is 1. The second kappa shape index (κ2) is 5.45. The van der Waals surface area contributed by atoms with E-state index in [2.05, 4.69) is 34.3 Å². The monoisotopic (exact) mass is 314 g/mol. The average Bonchev–Trinajstić information content (AvgIpc) is 2.55. The van der Waals surface area contributed by atoms with E-state index in [9.17, 15) is 0 Å². The van der Waals surface area contributed by atoms with Gasteiger partial charge in [0.25, 0.3) is 0 Å². The molecule has 114 valence electrons. The Morgan fingerprint density at radius 2 is 2.00 bits per heavy atom. The molecule has 4 nitrogen and oxygen atoms in total. The van der Waals surface area contributed by atoms with Crippen molar-refractivity contribution in [1.82, 2.24) is 9.88 Å². The molecule has 2 aliphatic rings. The molecule has 4 rings (SSSR count). The van der Waals surface area contributed by atoms with Gasteiger partial charge in [-0.05, 0) is 25.2 Å². The second-order valence-electron chi connectivity index (χ2n) is 5.96. The fourth-order valence-electron chi connectivity index (χ4n) is 3.18. The zero-order chi connectivity index (χ0) is 15.1. The molecule has 1 aromatic heterocycles. The van der Waals surface area contributed by atoms with E-state index in [4.69, 9.17) is 16.6 Å². The first-order valence-electron chi connectivity index (χ1n) is 7.69. The minimum atomic E-state index is 0.753. The highest BCUT2D eigenvalue weighted by Gasteiger charge is 2.22. The standard InChI is InChI=1S/C17H19ClN4/c1-21-7-9-22(10-8-21)17-16-13(3-2-6-19-16)14-11-12(18)4-5-15(14)20-17/h2-5,11,19H,6-10H2,1H3. The highest BCUT2D eigenvalue weighted by molar-refractivity contribution is 6.31. The number of hydrogen-bond donors (Lipinski definition) is 1. The average molecular weight is 315 g/mol. The van der Waals surface area contributed by atoms with Crippen molar-refractivity contribution in [2.24, 2.45) is 0 Å². The van der Waals surface area contributed by atoms with Crippen LogP contribution in [0.4, 0.5) is 11.5 Å². The van der Waals surface area contributed by atoms with Crippen molar-refractivity contribution in [2.75, 3.05) is 50.0 Å². The van der Waals surface area contributed by atoms with E-state index in [0.29, 0.717) is 0 Å². The lowest BCUT2D eigenvalue weighted by Crippen LogP contribution is -2.45. The first-order valence-corrected chi connectivity index (χ1v) is 8.07. The highest BCUT2D eigenvalue weighted by Crippen LogP contribution is 2.37. The highest BCUT2D eigenvalue weighted by atomic mass is 35.5. The molecule has 0 bridgehead atoms. The topological polar surface area (TPSA) is 31.4 Å². The molecule has 1 saturated heterocycles. The van der Waals surface area contributed by atoms with Crippen molar-refractivity contribution >= 4 is 40.1 Å². The number of nitrogens with zero attached hydrogens (tertiary/aromatic N) is 3. The molecule has 1 aromatic carbocycles. The minimum Gasteiger partial charge on any atom is -0.378 e. The number of fused-ring (bicyclic) bond motifs is 3. The van der Waals surface area contributed by atoms with E-state index in [1.54, 1.807) is 0 Å². The summed E-state index contributed by atoms with van der Waals surface area (Å²) in [5, 5.41) is 5.37. The van der Waals surface area contributed by atoms with Crippen LogP contribution in [0.15, 0.2) is 24.3 Å². The third kappa shape index (κ3) is 2.32. The Hall–Kier alpha value is -1.78. The van der Waals surface area contributed by atoms with E-state index in [0.717, 1.165) is 60.2 Å². The number of aromatic nitrogens is 1. The summed E-state index contributed by atoms with van der Waals surface area (Å²) in [5.74, 6) is 1.07. The van der Waals surface area contributed by atoms with E-state index in [1.165, 1.54) is 5.56 Å². The van der Waals surface area contributed by atoms with Crippen LogP contribution in [0.3, 0.4) is 0 Å². The maximum absolute atomic E-state index is 6.18. The molecule has 3 heterocycles. The number of rotatable bonds is 1. The van der Waals surface area contributed by atoms with Crippen molar-refractivity contribution in [3.8, 4) is 0 Å². The third-order valence-corrected chi connectivity index (χ3v) is 4.69. The van der Waals surface area contributed by atoms with Crippen LogP contribution in [0.2, 0.25) is 5.02 Å². The van der Waals surface area contributed by atoms with Gasteiger partial charge in [0.15, 0.2) is 5.82 Å². The van der Waals surface area contributed by atoms with Crippen molar-refractivity contribution in [2.45, 2.75) is 0 Å². The van der Waals surface area contributed by atoms with Gasteiger partial charge in [-0.15, -0.1) is 0 Å². The summed E-state index contributed by atoms with van der Waals surface area (Å²) in [6.07, 6.45) is 4.34. The molecule has 0 aliphatic carbocycles. The summed E-state index contributed by atoms with van der Waals surface area (Å²) in [6.45, 7) is 5.03. The SMILES string of the molecule is CN1CCN(c2nc3ccc(Cl)cc3c3c2NCC=C3)CC1. The Morgan fingerprint density at radius 3 is 2.82 bits per heavy atom. The Labute approximate surface area is 135 Å². The molecule has 5 heteroatoms. The summed E-state index contributed by atoms with van der Waals surface area (Å²) < 4.78 is 0. The molecule has 0 amide bonds. The van der Waals surface area contributed by atoms with E-state index in [-0.39, 0.29) is 0 Å². The summed E-state index contributed by atoms with van der Waals surface area (Å²) >= 11 is 6.18. The number of likely N-dealkylation sites (N-methyl/N-ethyl adjacent to an activating group) is 1. The van der Waals surface area contributed by atoms with Crippen LogP contribution in [0, 0.1) is 0 Å². The number of piperazine rings is 1. The molecule has 0 atom stereocenters. The molecule has 1 N–H and O–H groups in total. The summed E-state index contributed by atoms with van der Waals surface area (Å²) in [5.41, 5.74) is 3.35. The van der Waals surface area contributed by atoms with Crippen LogP contribution in [0.5, 0.6) is 0 Å². The summed E-state index contributed by atoms with van der Waals surface area (Å²) in [6, 6.07) is 5.94. The molecule has 2 aliphatic heterocycles. The van der Waals surface area contributed by atoms with Crippen molar-refractivity contribution < 1.29 is 0 Å². The van der Waals surface area contributed by atoms with Gasteiger partial charge in [0.2, 0.25) is 0 Å². The first-order chi connectivity index (χ1) is 10.7. The number of hydrogen-bond acceptors (Lipinski definition) is 4. The van der Waals surface area contributed by atoms with Crippen LogP contribution < -0.4 is 10.2 Å². The maximum Gasteiger partial charge on any atom is 0.153 e. The Bertz CT molecular complexity index is 748. The van der Waals surface area contributed by atoms with Crippen LogP contribution >= 0.6 is 11.6 Å². The van der Waals surface area contributed by atoms with Gasteiger partial charge in [-0.3, -0.25) is 0 Å². The van der Waals surface area contributed by atoms with Crippen molar-refractivity contribution in [3.05, 3.63) is 34.9 Å². The predicted molar refractivity (Wildman–Crippen MR) is 94.0 cm³/mol. The molecular formula is C17H19ClN4. The van der Waals surface area contributed by atoms with Gasteiger partial charge in [0.1, 0.15) is 0 Å². The lowest BCUT2D eigenvalue weighted by Gasteiger charge is -2.35. The molecule has 0 saturated carbocycles. The van der Waals surface area contributed by atoms with E-state index < -0.39 is 0 Å². The normalized spacial score (nSPS) is 18.4. The van der Waals surface area contributed by atoms with Crippen LogP contribution in [-0.2, 0) is 0 Å². The van der Waals surface area contributed by atoms with Gasteiger partial charge in [-0.25, -0.2) is 4.98 Å². The first kappa shape index (κ1) is 13.9. The fourth-order valence-corrected chi connectivity index (χ4v) is 3.35. The Morgan fingerprint density at radius 1 is 1.18 bits per heavy atom. The lowest BCUT2D eigenvalue weighted by molar-refractivity contribution is 0.312. The van der Waals surface area contributed by atoms with Crippen molar-refractivity contribution in [3.63, 3.8) is 0 Å². The van der Waals surface area contributed by atoms with Crippen molar-refractivity contribution in [1.29, 1.82) is 0 Å². The minimum absolute atomic E-state index is 0.753. The Kier molecular flexibility index (Phi) is 3.43. The van der Waals surface area contributed by atoms with Gasteiger partial charge in [-0.1, -0.05) is 23.8 Å². The molecule has 2 aromatic rings. The maximum atomic E-state index is 6.18. The summed E-state index contributed by atoms with van der Waals surface area (Å²) in [4.78, 5) is 9.68. The van der Waals surface area contributed by atoms with E-state index >= 15 is 0 Å². The molecular weight excluding hydrogens is 296 g/mol. The number of anilines is 2. The molecule has 0 spiro atoms. The number of benzene rings is 1. The predicted octanol–water partition coefficient (Wildman–Crippen LogP) is 3.08. The lowest BCUT2D eigenvalue weighted by atomic mass is 10.0. The van der Waals surface area contributed by atoms with Gasteiger partial charge in [0, 0.05) is 48.7 Å². The van der Waals surface area contributed by atoms with Gasteiger partial charge >= 0.3 is 0 Å². The van der Waals surface area contributed by atoms with Crippen LogP contribution in [-0.4, -0.2) is 49.7 Å². The smallest absolute Gasteiger partial charge is 0.153 e. The van der Waals surface area contributed by atoms with Gasteiger partial charge in [0.05, 0.1) is 11.2 Å². The summed E-state index contributed by atoms with van der Waals surface area (Å²) in [7, 11) is 2.17.